The van der Waals surface area contributed by atoms with Crippen molar-refractivity contribution in [1.82, 2.24) is 0 Å². The van der Waals surface area contributed by atoms with Gasteiger partial charge in [-0.25, -0.2) is 0 Å². The van der Waals surface area contributed by atoms with Crippen molar-refractivity contribution < 1.29 is 14.5 Å². The van der Waals surface area contributed by atoms with E-state index < -0.39 is 11.0 Å². The molecule has 6 nitrogen and oxygen atoms in total. The molecule has 0 aliphatic heterocycles. The van der Waals surface area contributed by atoms with Crippen molar-refractivity contribution in [3.05, 3.63) is 63.1 Å². The topological polar surface area (TPSA) is 81.5 Å². The molecule has 0 fully saturated rings. The van der Waals surface area contributed by atoms with Gasteiger partial charge in [0.2, 0.25) is 0 Å². The normalized spacial score (nSPS) is 11.5. The quantitative estimate of drug-likeness (QED) is 0.646. The lowest BCUT2D eigenvalue weighted by atomic mass is 10.3. The molecule has 22 heavy (non-hydrogen) atoms. The highest BCUT2D eigenvalue weighted by atomic mass is 79.9. The van der Waals surface area contributed by atoms with E-state index in [4.69, 9.17) is 4.74 Å². The first-order valence-electron chi connectivity index (χ1n) is 6.43. The van der Waals surface area contributed by atoms with Crippen LogP contribution in [0.3, 0.4) is 0 Å². The Morgan fingerprint density at radius 1 is 1.27 bits per heavy atom. The van der Waals surface area contributed by atoms with Crippen LogP contribution in [0.15, 0.2) is 53.0 Å². The largest absolute Gasteiger partial charge is 0.481 e. The van der Waals surface area contributed by atoms with Crippen LogP contribution >= 0.6 is 15.9 Å². The third-order valence-corrected chi connectivity index (χ3v) is 3.35. The molecule has 0 aromatic heterocycles. The van der Waals surface area contributed by atoms with Crippen molar-refractivity contribution in [3.63, 3.8) is 0 Å². The molecule has 0 aliphatic carbocycles. The molecule has 2 aromatic carbocycles. The number of ether oxygens (including phenoxy) is 1. The summed E-state index contributed by atoms with van der Waals surface area (Å²) in [5.74, 6) is -0.0681. The Balaban J connectivity index is 2.00. The highest BCUT2D eigenvalue weighted by Gasteiger charge is 2.16. The van der Waals surface area contributed by atoms with E-state index in [0.717, 1.165) is 4.47 Å². The highest BCUT2D eigenvalue weighted by molar-refractivity contribution is 9.10. The Morgan fingerprint density at radius 2 is 1.95 bits per heavy atom. The number of nitrogens with one attached hydrogen (secondary N) is 1. The average Bonchev–Trinajstić information content (AvgIpc) is 2.49. The van der Waals surface area contributed by atoms with Gasteiger partial charge in [0.25, 0.3) is 11.6 Å². The van der Waals surface area contributed by atoms with E-state index in [2.05, 4.69) is 21.2 Å². The number of halogens is 1. The number of amides is 1. The number of carbonyl (C=O) groups is 1. The van der Waals surface area contributed by atoms with Gasteiger partial charge < -0.3 is 10.1 Å². The molecule has 2 aromatic rings. The Morgan fingerprint density at radius 3 is 2.59 bits per heavy atom. The lowest BCUT2D eigenvalue weighted by Crippen LogP contribution is -2.30. The summed E-state index contributed by atoms with van der Waals surface area (Å²) in [7, 11) is 0. The number of nitro groups is 1. The lowest BCUT2D eigenvalue weighted by molar-refractivity contribution is -0.384. The van der Waals surface area contributed by atoms with Crippen LogP contribution in [-0.4, -0.2) is 16.9 Å². The van der Waals surface area contributed by atoms with Crippen LogP contribution in [0.4, 0.5) is 11.4 Å². The predicted octanol–water partition coefficient (Wildman–Crippen LogP) is 3.76. The monoisotopic (exact) mass is 364 g/mol. The van der Waals surface area contributed by atoms with E-state index in [9.17, 15) is 14.9 Å². The van der Waals surface area contributed by atoms with Crippen LogP contribution in [0, 0.1) is 10.1 Å². The van der Waals surface area contributed by atoms with Gasteiger partial charge in [-0.15, -0.1) is 0 Å². The summed E-state index contributed by atoms with van der Waals surface area (Å²) in [6.07, 6.45) is -0.786. The van der Waals surface area contributed by atoms with Gasteiger partial charge in [-0.1, -0.05) is 22.0 Å². The molecule has 0 bridgehead atoms. The first-order chi connectivity index (χ1) is 10.5. The van der Waals surface area contributed by atoms with Crippen LogP contribution in [0.1, 0.15) is 6.92 Å². The number of benzene rings is 2. The average molecular weight is 365 g/mol. The molecule has 0 saturated heterocycles. The van der Waals surface area contributed by atoms with Crippen LogP contribution in [-0.2, 0) is 4.79 Å². The number of nitro benzene ring substituents is 1. The molecular formula is C15H13BrN2O4. The zero-order chi connectivity index (χ0) is 16.1. The van der Waals surface area contributed by atoms with E-state index in [1.54, 1.807) is 25.1 Å². The summed E-state index contributed by atoms with van der Waals surface area (Å²) < 4.78 is 6.35. The molecule has 114 valence electrons. The fraction of sp³-hybridized carbons (Fsp3) is 0.133. The smallest absolute Gasteiger partial charge is 0.273 e. The van der Waals surface area contributed by atoms with E-state index >= 15 is 0 Å². The standard InChI is InChI=1S/C15H13BrN2O4/c1-10(15(19)17-12-7-5-11(16)6-8-12)22-14-4-2-3-13(9-14)18(20)21/h2-10H,1H3,(H,17,19)/t10-/m1/s1. The minimum atomic E-state index is -0.786. The van der Waals surface area contributed by atoms with Crippen LogP contribution in [0.5, 0.6) is 5.75 Å². The van der Waals surface area contributed by atoms with Gasteiger partial charge in [-0.2, -0.15) is 0 Å². The maximum absolute atomic E-state index is 12.0. The van der Waals surface area contributed by atoms with Crippen molar-refractivity contribution in [3.8, 4) is 5.75 Å². The zero-order valence-electron chi connectivity index (χ0n) is 11.7. The van der Waals surface area contributed by atoms with Crippen molar-refractivity contribution in [2.45, 2.75) is 13.0 Å². The van der Waals surface area contributed by atoms with Crippen molar-refractivity contribution in [1.29, 1.82) is 0 Å². The van der Waals surface area contributed by atoms with Crippen molar-refractivity contribution in [2.75, 3.05) is 5.32 Å². The Bertz CT molecular complexity index is 688. The third kappa shape index (κ3) is 4.29. The number of hydrogen-bond acceptors (Lipinski definition) is 4. The number of hydrogen-bond donors (Lipinski definition) is 1. The van der Waals surface area contributed by atoms with Gasteiger partial charge >= 0.3 is 0 Å². The van der Waals surface area contributed by atoms with Gasteiger partial charge in [-0.3, -0.25) is 14.9 Å². The molecule has 0 aliphatic rings. The predicted molar refractivity (Wildman–Crippen MR) is 86.0 cm³/mol. The second-order valence-electron chi connectivity index (χ2n) is 4.51. The second kappa shape index (κ2) is 7.04. The van der Waals surface area contributed by atoms with Gasteiger partial charge in [0, 0.05) is 16.2 Å². The molecule has 1 atom stereocenters. The molecule has 0 unspecified atom stereocenters. The van der Waals surface area contributed by atoms with Crippen LogP contribution < -0.4 is 10.1 Å². The summed E-state index contributed by atoms with van der Waals surface area (Å²) in [5, 5.41) is 13.4. The van der Waals surface area contributed by atoms with E-state index in [-0.39, 0.29) is 17.3 Å². The third-order valence-electron chi connectivity index (χ3n) is 2.82. The molecule has 1 amide bonds. The minimum absolute atomic E-state index is 0.0852. The second-order valence-corrected chi connectivity index (χ2v) is 5.43. The Hall–Kier alpha value is -2.41. The van der Waals surface area contributed by atoms with E-state index in [0.29, 0.717) is 5.69 Å². The summed E-state index contributed by atoms with van der Waals surface area (Å²) in [4.78, 5) is 22.2. The summed E-state index contributed by atoms with van der Waals surface area (Å²) in [5.41, 5.74) is 0.556. The molecule has 1 N–H and O–H groups in total. The number of nitrogens with zero attached hydrogens (tertiary/aromatic N) is 1. The fourth-order valence-electron chi connectivity index (χ4n) is 1.71. The SMILES string of the molecule is C[C@@H](Oc1cccc([N+](=O)[O-])c1)C(=O)Nc1ccc(Br)cc1. The Labute approximate surface area is 135 Å². The summed E-state index contributed by atoms with van der Waals surface area (Å²) in [6.45, 7) is 1.58. The maximum Gasteiger partial charge on any atom is 0.273 e. The van der Waals surface area contributed by atoms with Gasteiger partial charge in [0.1, 0.15) is 5.75 Å². The molecule has 7 heteroatoms. The van der Waals surface area contributed by atoms with E-state index in [1.807, 2.05) is 12.1 Å². The van der Waals surface area contributed by atoms with Gasteiger partial charge in [0.05, 0.1) is 11.0 Å². The van der Waals surface area contributed by atoms with Crippen LogP contribution in [0.2, 0.25) is 0 Å². The molecule has 0 radical (unpaired) electrons. The molecule has 0 saturated carbocycles. The van der Waals surface area contributed by atoms with Crippen molar-refractivity contribution in [2.24, 2.45) is 0 Å². The molecule has 0 spiro atoms. The number of rotatable bonds is 5. The molecular weight excluding hydrogens is 352 g/mol. The van der Waals surface area contributed by atoms with Gasteiger partial charge in [-0.05, 0) is 37.3 Å². The zero-order valence-corrected chi connectivity index (χ0v) is 13.2. The number of carbonyl (C=O) groups excluding carboxylic acids is 1. The maximum atomic E-state index is 12.0. The molecule has 0 heterocycles. The molecule has 2 rings (SSSR count). The first kappa shape index (κ1) is 16.0. The first-order valence-corrected chi connectivity index (χ1v) is 7.22. The number of non-ortho nitro benzene ring substituents is 1. The highest BCUT2D eigenvalue weighted by Crippen LogP contribution is 2.20. The van der Waals surface area contributed by atoms with Crippen LogP contribution in [0.25, 0.3) is 0 Å². The minimum Gasteiger partial charge on any atom is -0.481 e. The van der Waals surface area contributed by atoms with Gasteiger partial charge in [0.15, 0.2) is 6.10 Å². The number of anilines is 1. The van der Waals surface area contributed by atoms with Crippen molar-refractivity contribution >= 4 is 33.2 Å². The Kier molecular flexibility index (Phi) is 5.11. The fourth-order valence-corrected chi connectivity index (χ4v) is 1.97. The summed E-state index contributed by atoms with van der Waals surface area (Å²) >= 11 is 3.31. The lowest BCUT2D eigenvalue weighted by Gasteiger charge is -2.14. The van der Waals surface area contributed by atoms with E-state index in [1.165, 1.54) is 18.2 Å². The summed E-state index contributed by atoms with van der Waals surface area (Å²) in [6, 6.07) is 12.8.